The Hall–Kier alpha value is -0.0900. The Morgan fingerprint density at radius 2 is 2.44 bits per heavy atom. The maximum absolute atomic E-state index is 5.97. The first-order valence-electron chi connectivity index (χ1n) is 5.85. The molecule has 0 amide bonds. The summed E-state index contributed by atoms with van der Waals surface area (Å²) in [6, 6.07) is 5.25. The molecule has 2 unspecified atom stereocenters. The van der Waals surface area contributed by atoms with E-state index in [1.165, 1.54) is 24.3 Å². The van der Waals surface area contributed by atoms with Crippen LogP contribution >= 0.6 is 22.9 Å². The van der Waals surface area contributed by atoms with Gasteiger partial charge in [-0.1, -0.05) is 11.6 Å². The third kappa shape index (κ3) is 2.98. The maximum atomic E-state index is 5.97. The van der Waals surface area contributed by atoms with E-state index in [9.17, 15) is 0 Å². The highest BCUT2D eigenvalue weighted by molar-refractivity contribution is 7.16. The van der Waals surface area contributed by atoms with E-state index in [0.29, 0.717) is 12.1 Å². The van der Waals surface area contributed by atoms with Crippen LogP contribution in [0.25, 0.3) is 0 Å². The molecular weight excluding hydrogens is 240 g/mol. The van der Waals surface area contributed by atoms with Crippen LogP contribution in [0.15, 0.2) is 12.1 Å². The molecule has 16 heavy (non-hydrogen) atoms. The molecule has 0 bridgehead atoms. The molecule has 0 saturated carbocycles. The minimum absolute atomic E-state index is 0.458. The van der Waals surface area contributed by atoms with Crippen molar-refractivity contribution in [2.45, 2.75) is 31.8 Å². The molecular formula is C12H19ClN2S. The summed E-state index contributed by atoms with van der Waals surface area (Å²) in [4.78, 5) is 3.76. The van der Waals surface area contributed by atoms with Gasteiger partial charge in [0.05, 0.1) is 4.34 Å². The SMILES string of the molecule is CC(c1ccc(Cl)s1)N(C)CC1CCCN1. The Bertz CT molecular complexity index is 334. The summed E-state index contributed by atoms with van der Waals surface area (Å²) >= 11 is 7.65. The lowest BCUT2D eigenvalue weighted by molar-refractivity contribution is 0.241. The lowest BCUT2D eigenvalue weighted by Gasteiger charge is -2.26. The van der Waals surface area contributed by atoms with Gasteiger partial charge < -0.3 is 5.32 Å². The Morgan fingerprint density at radius 3 is 3.00 bits per heavy atom. The lowest BCUT2D eigenvalue weighted by Crippen LogP contribution is -2.36. The summed E-state index contributed by atoms with van der Waals surface area (Å²) in [5.74, 6) is 0. The molecule has 1 N–H and O–H groups in total. The first-order valence-corrected chi connectivity index (χ1v) is 7.05. The van der Waals surface area contributed by atoms with E-state index in [4.69, 9.17) is 11.6 Å². The number of hydrogen-bond donors (Lipinski definition) is 1. The third-order valence-corrected chi connectivity index (χ3v) is 4.74. The number of halogens is 1. The van der Waals surface area contributed by atoms with Gasteiger partial charge in [0.15, 0.2) is 0 Å². The van der Waals surface area contributed by atoms with Gasteiger partial charge in [0.25, 0.3) is 0 Å². The molecule has 1 aromatic heterocycles. The summed E-state index contributed by atoms with van der Waals surface area (Å²) in [7, 11) is 2.19. The fourth-order valence-corrected chi connectivity index (χ4v) is 3.37. The molecule has 90 valence electrons. The topological polar surface area (TPSA) is 15.3 Å². The van der Waals surface area contributed by atoms with Crippen LogP contribution in [-0.4, -0.2) is 31.1 Å². The summed E-state index contributed by atoms with van der Waals surface area (Å²) in [6.45, 7) is 4.55. The van der Waals surface area contributed by atoms with Crippen molar-refractivity contribution in [3.63, 3.8) is 0 Å². The Balaban J connectivity index is 1.90. The molecule has 4 heteroatoms. The van der Waals surface area contributed by atoms with Crippen LogP contribution in [0.4, 0.5) is 0 Å². The highest BCUT2D eigenvalue weighted by Crippen LogP contribution is 2.29. The van der Waals surface area contributed by atoms with Gasteiger partial charge in [-0.15, -0.1) is 11.3 Å². The molecule has 0 radical (unpaired) electrons. The van der Waals surface area contributed by atoms with Gasteiger partial charge in [0.2, 0.25) is 0 Å². The van der Waals surface area contributed by atoms with E-state index in [-0.39, 0.29) is 0 Å². The average Bonchev–Trinajstić information content (AvgIpc) is 2.88. The highest BCUT2D eigenvalue weighted by atomic mass is 35.5. The zero-order chi connectivity index (χ0) is 11.5. The standard InChI is InChI=1S/C12H19ClN2S/c1-9(11-5-6-12(13)16-11)15(2)8-10-4-3-7-14-10/h5-6,9-10,14H,3-4,7-8H2,1-2H3. The van der Waals surface area contributed by atoms with E-state index in [2.05, 4.69) is 30.3 Å². The van der Waals surface area contributed by atoms with Crippen LogP contribution < -0.4 is 5.32 Å². The predicted molar refractivity (Wildman–Crippen MR) is 71.4 cm³/mol. The zero-order valence-electron chi connectivity index (χ0n) is 9.87. The zero-order valence-corrected chi connectivity index (χ0v) is 11.4. The molecule has 2 atom stereocenters. The number of nitrogens with one attached hydrogen (secondary N) is 1. The van der Waals surface area contributed by atoms with Gasteiger partial charge >= 0.3 is 0 Å². The first kappa shape index (κ1) is 12.4. The van der Waals surface area contributed by atoms with Crippen LogP contribution in [-0.2, 0) is 0 Å². The minimum atomic E-state index is 0.458. The van der Waals surface area contributed by atoms with Crippen molar-refractivity contribution in [3.8, 4) is 0 Å². The lowest BCUT2D eigenvalue weighted by atomic mass is 10.2. The summed E-state index contributed by atoms with van der Waals surface area (Å²) in [5, 5.41) is 3.53. The van der Waals surface area contributed by atoms with E-state index in [0.717, 1.165) is 10.9 Å². The van der Waals surface area contributed by atoms with Crippen LogP contribution in [0.2, 0.25) is 4.34 Å². The Labute approximate surface area is 107 Å². The van der Waals surface area contributed by atoms with E-state index in [1.54, 1.807) is 11.3 Å². The highest BCUT2D eigenvalue weighted by Gasteiger charge is 2.20. The molecule has 0 spiro atoms. The molecule has 1 aliphatic rings. The number of thiophene rings is 1. The predicted octanol–water partition coefficient (Wildman–Crippen LogP) is 3.15. The molecule has 2 rings (SSSR count). The molecule has 1 fully saturated rings. The average molecular weight is 259 g/mol. The van der Waals surface area contributed by atoms with Crippen LogP contribution in [0.1, 0.15) is 30.7 Å². The Kier molecular flexibility index (Phi) is 4.25. The third-order valence-electron chi connectivity index (χ3n) is 3.34. The van der Waals surface area contributed by atoms with Crippen LogP contribution in [0, 0.1) is 0 Å². The monoisotopic (exact) mass is 258 g/mol. The van der Waals surface area contributed by atoms with Crippen molar-refractivity contribution in [1.29, 1.82) is 0 Å². The van der Waals surface area contributed by atoms with Gasteiger partial charge in [0, 0.05) is 23.5 Å². The number of nitrogens with zero attached hydrogens (tertiary/aromatic N) is 1. The second kappa shape index (κ2) is 5.50. The quantitative estimate of drug-likeness (QED) is 0.893. The van der Waals surface area contributed by atoms with Gasteiger partial charge in [-0.05, 0) is 45.5 Å². The van der Waals surface area contributed by atoms with Crippen molar-refractivity contribution in [2.75, 3.05) is 20.1 Å². The molecule has 2 heterocycles. The molecule has 0 aromatic carbocycles. The second-order valence-electron chi connectivity index (χ2n) is 4.55. The van der Waals surface area contributed by atoms with Crippen molar-refractivity contribution < 1.29 is 0 Å². The Morgan fingerprint density at radius 1 is 1.62 bits per heavy atom. The minimum Gasteiger partial charge on any atom is -0.313 e. The first-order chi connectivity index (χ1) is 7.66. The number of likely N-dealkylation sites (N-methyl/N-ethyl adjacent to an activating group) is 1. The molecule has 1 aromatic rings. The van der Waals surface area contributed by atoms with Crippen molar-refractivity contribution in [1.82, 2.24) is 10.2 Å². The normalized spacial score (nSPS) is 22.9. The fourth-order valence-electron chi connectivity index (χ4n) is 2.19. The second-order valence-corrected chi connectivity index (χ2v) is 6.30. The van der Waals surface area contributed by atoms with E-state index < -0.39 is 0 Å². The summed E-state index contributed by atoms with van der Waals surface area (Å²) in [6.07, 6.45) is 2.62. The van der Waals surface area contributed by atoms with Gasteiger partial charge in [0.1, 0.15) is 0 Å². The number of rotatable bonds is 4. The van der Waals surface area contributed by atoms with Gasteiger partial charge in [-0.2, -0.15) is 0 Å². The molecule has 0 aliphatic carbocycles. The van der Waals surface area contributed by atoms with E-state index in [1.807, 2.05) is 6.07 Å². The molecule has 2 nitrogen and oxygen atoms in total. The largest absolute Gasteiger partial charge is 0.313 e. The van der Waals surface area contributed by atoms with Gasteiger partial charge in [-0.3, -0.25) is 4.90 Å². The van der Waals surface area contributed by atoms with Crippen molar-refractivity contribution >= 4 is 22.9 Å². The van der Waals surface area contributed by atoms with E-state index >= 15 is 0 Å². The maximum Gasteiger partial charge on any atom is 0.0931 e. The molecule has 1 saturated heterocycles. The number of hydrogen-bond acceptors (Lipinski definition) is 3. The molecule has 1 aliphatic heterocycles. The van der Waals surface area contributed by atoms with Crippen LogP contribution in [0.3, 0.4) is 0 Å². The summed E-state index contributed by atoms with van der Waals surface area (Å²) in [5.41, 5.74) is 0. The van der Waals surface area contributed by atoms with Gasteiger partial charge in [-0.25, -0.2) is 0 Å². The fraction of sp³-hybridized carbons (Fsp3) is 0.667. The van der Waals surface area contributed by atoms with Crippen molar-refractivity contribution in [3.05, 3.63) is 21.3 Å². The van der Waals surface area contributed by atoms with Crippen molar-refractivity contribution in [2.24, 2.45) is 0 Å². The van der Waals surface area contributed by atoms with Crippen LogP contribution in [0.5, 0.6) is 0 Å². The summed E-state index contributed by atoms with van der Waals surface area (Å²) < 4.78 is 0.884. The smallest absolute Gasteiger partial charge is 0.0931 e.